The molecular weight excluding hydrogens is 190 g/mol. The van der Waals surface area contributed by atoms with Gasteiger partial charge in [0.05, 0.1) is 0 Å². The fourth-order valence-corrected chi connectivity index (χ4v) is 2.78. The van der Waals surface area contributed by atoms with Crippen LogP contribution in [-0.2, 0) is 6.42 Å². The van der Waals surface area contributed by atoms with E-state index in [1.807, 2.05) is 11.8 Å². The number of hydrogen-bond donors (Lipinski definition) is 1. The maximum absolute atomic E-state index is 6.10. The van der Waals surface area contributed by atoms with Gasteiger partial charge in [-0.15, -0.1) is 11.8 Å². The fraction of sp³-hybridized carbons (Fsp3) is 0.500. The highest BCUT2D eigenvalue weighted by Crippen LogP contribution is 2.31. The van der Waals surface area contributed by atoms with E-state index in [-0.39, 0.29) is 6.04 Å². The second-order valence-corrected chi connectivity index (χ2v) is 5.13. The molecule has 14 heavy (non-hydrogen) atoms. The normalized spacial score (nSPS) is 20.6. The van der Waals surface area contributed by atoms with Gasteiger partial charge in [0.25, 0.3) is 0 Å². The summed E-state index contributed by atoms with van der Waals surface area (Å²) in [5.41, 5.74) is 8.95. The Morgan fingerprint density at radius 1 is 1.50 bits per heavy atom. The molecule has 1 aliphatic rings. The lowest BCUT2D eigenvalue weighted by atomic mass is 9.88. The molecule has 0 radical (unpaired) electrons. The van der Waals surface area contributed by atoms with Gasteiger partial charge < -0.3 is 5.73 Å². The van der Waals surface area contributed by atoms with Crippen LogP contribution in [-0.4, -0.2) is 5.75 Å². The van der Waals surface area contributed by atoms with Crippen LogP contribution in [0, 0.1) is 0 Å². The Labute approximate surface area is 90.1 Å². The van der Waals surface area contributed by atoms with E-state index >= 15 is 0 Å². The van der Waals surface area contributed by atoms with Crippen molar-refractivity contribution in [2.45, 2.75) is 37.1 Å². The minimum Gasteiger partial charge on any atom is -0.324 e. The zero-order valence-electron chi connectivity index (χ0n) is 8.62. The van der Waals surface area contributed by atoms with Gasteiger partial charge >= 0.3 is 0 Å². The maximum atomic E-state index is 6.10. The monoisotopic (exact) mass is 207 g/mol. The number of fused-ring (bicyclic) bond motifs is 1. The molecule has 2 rings (SSSR count). The van der Waals surface area contributed by atoms with Gasteiger partial charge in [-0.05, 0) is 48.3 Å². The molecule has 0 fully saturated rings. The number of hydrogen-bond acceptors (Lipinski definition) is 2. The molecule has 1 aromatic carbocycles. The third-order valence-electron chi connectivity index (χ3n) is 2.79. The van der Waals surface area contributed by atoms with Crippen molar-refractivity contribution in [3.8, 4) is 0 Å². The summed E-state index contributed by atoms with van der Waals surface area (Å²) in [4.78, 5) is 1.36. The molecule has 2 heteroatoms. The van der Waals surface area contributed by atoms with Crippen molar-refractivity contribution in [1.29, 1.82) is 0 Å². The van der Waals surface area contributed by atoms with E-state index in [4.69, 9.17) is 5.73 Å². The third-order valence-corrected chi connectivity index (χ3v) is 3.66. The van der Waals surface area contributed by atoms with Crippen LogP contribution >= 0.6 is 11.8 Å². The SMILES string of the molecule is CCSc1ccc2c(c1)[C@H](N)CCC2. The largest absolute Gasteiger partial charge is 0.324 e. The highest BCUT2D eigenvalue weighted by molar-refractivity contribution is 7.99. The van der Waals surface area contributed by atoms with Crippen molar-refractivity contribution in [3.05, 3.63) is 29.3 Å². The Morgan fingerprint density at radius 3 is 3.14 bits per heavy atom. The zero-order chi connectivity index (χ0) is 9.97. The number of nitrogens with two attached hydrogens (primary N) is 1. The standard InChI is InChI=1S/C12H17NS/c1-2-14-10-7-6-9-4-3-5-12(13)11(9)8-10/h6-8,12H,2-5,13H2,1H3/t12-/m1/s1. The van der Waals surface area contributed by atoms with E-state index in [1.165, 1.54) is 28.9 Å². The maximum Gasteiger partial charge on any atom is 0.0298 e. The first-order chi connectivity index (χ1) is 6.81. The first kappa shape index (κ1) is 10.1. The van der Waals surface area contributed by atoms with Crippen LogP contribution in [0.1, 0.15) is 36.9 Å². The van der Waals surface area contributed by atoms with E-state index in [9.17, 15) is 0 Å². The summed E-state index contributed by atoms with van der Waals surface area (Å²) in [7, 11) is 0. The summed E-state index contributed by atoms with van der Waals surface area (Å²) in [5, 5.41) is 0. The Kier molecular flexibility index (Phi) is 3.14. The lowest BCUT2D eigenvalue weighted by Gasteiger charge is -2.22. The first-order valence-corrected chi connectivity index (χ1v) is 6.31. The Morgan fingerprint density at radius 2 is 2.36 bits per heavy atom. The van der Waals surface area contributed by atoms with E-state index in [2.05, 4.69) is 25.1 Å². The van der Waals surface area contributed by atoms with Gasteiger partial charge in [-0.2, -0.15) is 0 Å². The Hall–Kier alpha value is -0.470. The smallest absolute Gasteiger partial charge is 0.0298 e. The average molecular weight is 207 g/mol. The molecule has 0 aromatic heterocycles. The highest BCUT2D eigenvalue weighted by atomic mass is 32.2. The van der Waals surface area contributed by atoms with Crippen molar-refractivity contribution in [3.63, 3.8) is 0 Å². The first-order valence-electron chi connectivity index (χ1n) is 5.32. The predicted molar refractivity (Wildman–Crippen MR) is 62.7 cm³/mol. The minimum atomic E-state index is 0.274. The second kappa shape index (κ2) is 4.37. The van der Waals surface area contributed by atoms with Crippen LogP contribution in [0.4, 0.5) is 0 Å². The lowest BCUT2D eigenvalue weighted by molar-refractivity contribution is 0.569. The summed E-state index contributed by atoms with van der Waals surface area (Å²) >= 11 is 1.89. The van der Waals surface area contributed by atoms with Crippen LogP contribution in [0.25, 0.3) is 0 Å². The van der Waals surface area contributed by atoms with Gasteiger partial charge in [-0.1, -0.05) is 13.0 Å². The van der Waals surface area contributed by atoms with E-state index in [0.29, 0.717) is 0 Å². The van der Waals surface area contributed by atoms with Gasteiger partial charge in [-0.3, -0.25) is 0 Å². The van der Waals surface area contributed by atoms with Crippen molar-refractivity contribution in [2.75, 3.05) is 5.75 Å². The van der Waals surface area contributed by atoms with Crippen molar-refractivity contribution in [2.24, 2.45) is 5.73 Å². The molecular formula is C12H17NS. The summed E-state index contributed by atoms with van der Waals surface area (Å²) in [6.45, 7) is 2.18. The summed E-state index contributed by atoms with van der Waals surface area (Å²) in [5.74, 6) is 1.13. The van der Waals surface area contributed by atoms with Crippen LogP contribution in [0.3, 0.4) is 0 Å². The second-order valence-electron chi connectivity index (χ2n) is 3.79. The number of thioether (sulfide) groups is 1. The molecule has 1 aliphatic carbocycles. The van der Waals surface area contributed by atoms with Gasteiger partial charge in [0.15, 0.2) is 0 Å². The van der Waals surface area contributed by atoms with Crippen molar-refractivity contribution in [1.82, 2.24) is 0 Å². The van der Waals surface area contributed by atoms with Crippen LogP contribution in [0.15, 0.2) is 23.1 Å². The lowest BCUT2D eigenvalue weighted by Crippen LogP contribution is -2.17. The molecule has 1 atom stereocenters. The van der Waals surface area contributed by atoms with Gasteiger partial charge in [-0.25, -0.2) is 0 Å². The fourth-order valence-electron chi connectivity index (χ4n) is 2.07. The summed E-state index contributed by atoms with van der Waals surface area (Å²) in [6, 6.07) is 7.04. The van der Waals surface area contributed by atoms with Gasteiger partial charge in [0.1, 0.15) is 0 Å². The molecule has 0 unspecified atom stereocenters. The molecule has 0 aliphatic heterocycles. The summed E-state index contributed by atoms with van der Waals surface area (Å²) < 4.78 is 0. The van der Waals surface area contributed by atoms with Crippen molar-refractivity contribution < 1.29 is 0 Å². The molecule has 0 bridgehead atoms. The molecule has 0 spiro atoms. The quantitative estimate of drug-likeness (QED) is 0.754. The average Bonchev–Trinajstić information content (AvgIpc) is 2.20. The molecule has 1 nitrogen and oxygen atoms in total. The molecule has 0 saturated heterocycles. The molecule has 1 aromatic rings. The van der Waals surface area contributed by atoms with Gasteiger partial charge in [0.2, 0.25) is 0 Å². The third kappa shape index (κ3) is 1.96. The zero-order valence-corrected chi connectivity index (χ0v) is 9.44. The summed E-state index contributed by atoms with van der Waals surface area (Å²) in [6.07, 6.45) is 3.60. The predicted octanol–water partition coefficient (Wildman–Crippen LogP) is 3.13. The number of aryl methyl sites for hydroxylation is 1. The molecule has 76 valence electrons. The topological polar surface area (TPSA) is 26.0 Å². The van der Waals surface area contributed by atoms with Crippen LogP contribution in [0.2, 0.25) is 0 Å². The van der Waals surface area contributed by atoms with Gasteiger partial charge in [0, 0.05) is 10.9 Å². The van der Waals surface area contributed by atoms with E-state index in [1.54, 1.807) is 0 Å². The molecule has 2 N–H and O–H groups in total. The minimum absolute atomic E-state index is 0.274. The van der Waals surface area contributed by atoms with Crippen LogP contribution in [0.5, 0.6) is 0 Å². The Balaban J connectivity index is 2.31. The molecule has 0 heterocycles. The molecule has 0 saturated carbocycles. The molecule has 0 amide bonds. The van der Waals surface area contributed by atoms with E-state index in [0.717, 1.165) is 12.2 Å². The highest BCUT2D eigenvalue weighted by Gasteiger charge is 2.16. The van der Waals surface area contributed by atoms with Crippen LogP contribution < -0.4 is 5.73 Å². The van der Waals surface area contributed by atoms with E-state index < -0.39 is 0 Å². The van der Waals surface area contributed by atoms with Crippen molar-refractivity contribution >= 4 is 11.8 Å². The Bertz CT molecular complexity index is 322. The number of benzene rings is 1. The number of rotatable bonds is 2.